The highest BCUT2D eigenvalue weighted by Crippen LogP contribution is 2.12. The molecule has 88 valence electrons. The van der Waals surface area contributed by atoms with Crippen molar-refractivity contribution in [2.24, 2.45) is 0 Å². The molecule has 0 aliphatic rings. The van der Waals surface area contributed by atoms with E-state index in [1.165, 1.54) is 6.07 Å². The standard InChI is InChI=1S/C12H12N2O3/c15-12(16)10-4-5-11(17-10)14-8-6-9-3-1-2-7-13-9/h1-5,7,14H,6,8H2,(H,15,16). The van der Waals surface area contributed by atoms with Gasteiger partial charge in [-0.25, -0.2) is 4.79 Å². The van der Waals surface area contributed by atoms with E-state index in [1.54, 1.807) is 12.3 Å². The Morgan fingerprint density at radius 3 is 2.88 bits per heavy atom. The summed E-state index contributed by atoms with van der Waals surface area (Å²) in [4.78, 5) is 14.8. The first kappa shape index (κ1) is 11.2. The van der Waals surface area contributed by atoms with E-state index >= 15 is 0 Å². The average Bonchev–Trinajstić information content (AvgIpc) is 2.79. The van der Waals surface area contributed by atoms with Crippen molar-refractivity contribution < 1.29 is 14.3 Å². The number of aromatic carboxylic acids is 1. The third-order valence-corrected chi connectivity index (χ3v) is 2.22. The molecule has 0 fully saturated rings. The number of carbonyl (C=O) groups is 1. The first-order valence-electron chi connectivity index (χ1n) is 5.22. The van der Waals surface area contributed by atoms with E-state index in [-0.39, 0.29) is 5.76 Å². The van der Waals surface area contributed by atoms with Crippen molar-refractivity contribution in [3.05, 3.63) is 48.0 Å². The van der Waals surface area contributed by atoms with Gasteiger partial charge in [0.25, 0.3) is 0 Å². The van der Waals surface area contributed by atoms with Gasteiger partial charge in [0.1, 0.15) is 0 Å². The lowest BCUT2D eigenvalue weighted by atomic mass is 10.3. The summed E-state index contributed by atoms with van der Waals surface area (Å²) in [5.41, 5.74) is 0.977. The zero-order valence-corrected chi connectivity index (χ0v) is 9.09. The first-order chi connectivity index (χ1) is 8.25. The summed E-state index contributed by atoms with van der Waals surface area (Å²) >= 11 is 0. The predicted octanol–water partition coefficient (Wildman–Crippen LogP) is 2.03. The van der Waals surface area contributed by atoms with Crippen LogP contribution in [0, 0.1) is 0 Å². The summed E-state index contributed by atoms with van der Waals surface area (Å²) in [5.74, 6) is -0.675. The lowest BCUT2D eigenvalue weighted by Crippen LogP contribution is -2.05. The third kappa shape index (κ3) is 3.07. The summed E-state index contributed by atoms with van der Waals surface area (Å²) in [6.45, 7) is 0.642. The third-order valence-electron chi connectivity index (χ3n) is 2.22. The van der Waals surface area contributed by atoms with Crippen molar-refractivity contribution in [1.82, 2.24) is 4.98 Å². The van der Waals surface area contributed by atoms with E-state index in [1.807, 2.05) is 18.2 Å². The minimum absolute atomic E-state index is 0.0645. The van der Waals surface area contributed by atoms with E-state index in [9.17, 15) is 4.79 Å². The number of pyridine rings is 1. The van der Waals surface area contributed by atoms with Crippen LogP contribution in [0.1, 0.15) is 16.2 Å². The molecule has 2 N–H and O–H groups in total. The number of nitrogens with one attached hydrogen (secondary N) is 1. The van der Waals surface area contributed by atoms with E-state index in [4.69, 9.17) is 9.52 Å². The molecule has 0 aromatic carbocycles. The molecular weight excluding hydrogens is 220 g/mol. The molecule has 0 atom stereocenters. The second-order valence-electron chi connectivity index (χ2n) is 3.47. The van der Waals surface area contributed by atoms with Crippen molar-refractivity contribution >= 4 is 11.9 Å². The molecule has 5 heteroatoms. The lowest BCUT2D eigenvalue weighted by Gasteiger charge is -2.01. The van der Waals surface area contributed by atoms with Crippen LogP contribution in [0.15, 0.2) is 40.9 Å². The van der Waals surface area contributed by atoms with Gasteiger partial charge in [-0.15, -0.1) is 0 Å². The van der Waals surface area contributed by atoms with Gasteiger partial charge in [-0.3, -0.25) is 4.98 Å². The Hall–Kier alpha value is -2.30. The fourth-order valence-electron chi connectivity index (χ4n) is 1.41. The summed E-state index contributed by atoms with van der Waals surface area (Å²) in [7, 11) is 0. The summed E-state index contributed by atoms with van der Waals surface area (Å²) in [5, 5.41) is 11.7. The number of rotatable bonds is 5. The number of hydrogen-bond donors (Lipinski definition) is 2. The van der Waals surface area contributed by atoms with Gasteiger partial charge in [0.05, 0.1) is 0 Å². The highest BCUT2D eigenvalue weighted by atomic mass is 16.4. The second-order valence-corrected chi connectivity index (χ2v) is 3.47. The molecule has 2 aromatic rings. The number of carboxylic acids is 1. The van der Waals surface area contributed by atoms with Crippen LogP contribution in [0.5, 0.6) is 0 Å². The van der Waals surface area contributed by atoms with Crippen LogP contribution in [0.3, 0.4) is 0 Å². The number of furan rings is 1. The van der Waals surface area contributed by atoms with E-state index in [0.29, 0.717) is 12.4 Å². The van der Waals surface area contributed by atoms with Gasteiger partial charge in [0.2, 0.25) is 5.76 Å². The summed E-state index contributed by atoms with van der Waals surface area (Å²) in [6.07, 6.45) is 2.49. The first-order valence-corrected chi connectivity index (χ1v) is 5.22. The van der Waals surface area contributed by atoms with Crippen LogP contribution in [0.4, 0.5) is 5.88 Å². The van der Waals surface area contributed by atoms with Gasteiger partial charge in [-0.05, 0) is 18.2 Å². The number of carboxylic acid groups (broad SMARTS) is 1. The molecular formula is C12H12N2O3. The Balaban J connectivity index is 1.84. The molecule has 0 saturated heterocycles. The topological polar surface area (TPSA) is 75.4 Å². The largest absolute Gasteiger partial charge is 0.475 e. The number of hydrogen-bond acceptors (Lipinski definition) is 4. The fourth-order valence-corrected chi connectivity index (χ4v) is 1.41. The lowest BCUT2D eigenvalue weighted by molar-refractivity contribution is 0.0663. The van der Waals surface area contributed by atoms with Gasteiger partial charge in [-0.1, -0.05) is 6.07 Å². The molecule has 2 heterocycles. The zero-order chi connectivity index (χ0) is 12.1. The minimum Gasteiger partial charge on any atom is -0.475 e. The maximum Gasteiger partial charge on any atom is 0.371 e. The predicted molar refractivity (Wildman–Crippen MR) is 62.1 cm³/mol. The second kappa shape index (κ2) is 5.16. The molecule has 0 bridgehead atoms. The maximum absolute atomic E-state index is 10.6. The molecule has 5 nitrogen and oxygen atoms in total. The molecule has 0 aliphatic heterocycles. The van der Waals surface area contributed by atoms with E-state index < -0.39 is 5.97 Å². The summed E-state index contributed by atoms with van der Waals surface area (Å²) < 4.78 is 5.05. The van der Waals surface area contributed by atoms with Gasteiger partial charge in [-0.2, -0.15) is 0 Å². The molecule has 0 spiro atoms. The number of aromatic nitrogens is 1. The quantitative estimate of drug-likeness (QED) is 0.824. The fraction of sp³-hybridized carbons (Fsp3) is 0.167. The summed E-state index contributed by atoms with van der Waals surface area (Å²) in [6, 6.07) is 8.75. The Labute approximate surface area is 98.1 Å². The Morgan fingerprint density at radius 2 is 2.24 bits per heavy atom. The van der Waals surface area contributed by atoms with Crippen LogP contribution >= 0.6 is 0 Å². The van der Waals surface area contributed by atoms with Crippen molar-refractivity contribution in [1.29, 1.82) is 0 Å². The van der Waals surface area contributed by atoms with E-state index in [0.717, 1.165) is 12.1 Å². The Kier molecular flexibility index (Phi) is 3.40. The van der Waals surface area contributed by atoms with Crippen LogP contribution < -0.4 is 5.32 Å². The van der Waals surface area contributed by atoms with Crippen molar-refractivity contribution in [2.75, 3.05) is 11.9 Å². The average molecular weight is 232 g/mol. The molecule has 0 radical (unpaired) electrons. The highest BCUT2D eigenvalue weighted by Gasteiger charge is 2.07. The Morgan fingerprint density at radius 1 is 1.35 bits per heavy atom. The van der Waals surface area contributed by atoms with Gasteiger partial charge in [0.15, 0.2) is 5.88 Å². The van der Waals surface area contributed by atoms with Crippen molar-refractivity contribution in [3.8, 4) is 0 Å². The highest BCUT2D eigenvalue weighted by molar-refractivity contribution is 5.84. The normalized spacial score (nSPS) is 10.1. The van der Waals surface area contributed by atoms with Crippen molar-refractivity contribution in [3.63, 3.8) is 0 Å². The van der Waals surface area contributed by atoms with Crippen LogP contribution in [-0.4, -0.2) is 22.6 Å². The van der Waals surface area contributed by atoms with Crippen LogP contribution in [0.2, 0.25) is 0 Å². The van der Waals surface area contributed by atoms with Crippen LogP contribution in [0.25, 0.3) is 0 Å². The van der Waals surface area contributed by atoms with E-state index in [2.05, 4.69) is 10.3 Å². The molecule has 2 aromatic heterocycles. The smallest absolute Gasteiger partial charge is 0.371 e. The van der Waals surface area contributed by atoms with Crippen molar-refractivity contribution in [2.45, 2.75) is 6.42 Å². The minimum atomic E-state index is -1.07. The Bertz CT molecular complexity index is 493. The molecule has 0 amide bonds. The molecule has 2 rings (SSSR count). The van der Waals surface area contributed by atoms with Gasteiger partial charge >= 0.3 is 5.97 Å². The molecule has 0 saturated carbocycles. The monoisotopic (exact) mass is 232 g/mol. The molecule has 0 aliphatic carbocycles. The number of nitrogens with zero attached hydrogens (tertiary/aromatic N) is 1. The van der Waals surface area contributed by atoms with Crippen LogP contribution in [-0.2, 0) is 6.42 Å². The molecule has 17 heavy (non-hydrogen) atoms. The SMILES string of the molecule is O=C(O)c1ccc(NCCc2ccccn2)o1. The maximum atomic E-state index is 10.6. The molecule has 0 unspecified atom stereocenters. The number of anilines is 1. The zero-order valence-electron chi connectivity index (χ0n) is 9.09. The van der Waals surface area contributed by atoms with Gasteiger partial charge < -0.3 is 14.8 Å². The van der Waals surface area contributed by atoms with Gasteiger partial charge in [0, 0.05) is 30.9 Å².